The third kappa shape index (κ3) is 5.06. The van der Waals surface area contributed by atoms with E-state index < -0.39 is 0 Å². The predicted molar refractivity (Wildman–Crippen MR) is 104 cm³/mol. The highest BCUT2D eigenvalue weighted by molar-refractivity contribution is 7.09. The Hall–Kier alpha value is -2.86. The van der Waals surface area contributed by atoms with Crippen LogP contribution in [0.1, 0.15) is 17.8 Å². The molecule has 0 bridgehead atoms. The van der Waals surface area contributed by atoms with Crippen LogP contribution in [0.15, 0.2) is 71.2 Å². The lowest BCUT2D eigenvalue weighted by Gasteiger charge is -2.10. The fraction of sp³-hybridized carbons (Fsp3) is 0.158. The molecule has 0 spiro atoms. The monoisotopic (exact) mass is 352 g/mol. The Kier molecular flexibility index (Phi) is 5.64. The average molecular weight is 352 g/mol. The highest BCUT2D eigenvalue weighted by Gasteiger charge is 2.07. The number of nitrogens with two attached hydrogens (primary N) is 1. The van der Waals surface area contributed by atoms with Crippen molar-refractivity contribution in [3.63, 3.8) is 0 Å². The molecule has 1 aromatic heterocycles. The molecule has 3 aromatic rings. The number of benzene rings is 2. The SMILES string of the molecule is CC(CN=C(N)Nc1cccc(Oc2ccccc2)c1)c1nccs1. The molecular weight excluding hydrogens is 332 g/mol. The van der Waals surface area contributed by atoms with Crippen LogP contribution < -0.4 is 15.8 Å². The van der Waals surface area contributed by atoms with Crippen molar-refractivity contribution in [3.8, 4) is 11.5 Å². The van der Waals surface area contributed by atoms with Crippen molar-refractivity contribution < 1.29 is 4.74 Å². The molecule has 0 amide bonds. The van der Waals surface area contributed by atoms with Gasteiger partial charge in [-0.05, 0) is 24.3 Å². The summed E-state index contributed by atoms with van der Waals surface area (Å²) < 4.78 is 5.82. The Balaban J connectivity index is 1.60. The molecule has 0 saturated heterocycles. The molecular formula is C19H20N4OS. The van der Waals surface area contributed by atoms with E-state index in [2.05, 4.69) is 22.2 Å². The van der Waals surface area contributed by atoms with Crippen LogP contribution in [0.5, 0.6) is 11.5 Å². The molecule has 0 aliphatic carbocycles. The number of nitrogens with zero attached hydrogens (tertiary/aromatic N) is 2. The number of para-hydroxylation sites is 1. The molecule has 0 aliphatic rings. The fourth-order valence-corrected chi connectivity index (χ4v) is 2.93. The average Bonchev–Trinajstić information content (AvgIpc) is 3.16. The summed E-state index contributed by atoms with van der Waals surface area (Å²) in [5, 5.41) is 6.13. The molecule has 1 unspecified atom stereocenters. The second-order valence-corrected chi connectivity index (χ2v) is 6.49. The van der Waals surface area contributed by atoms with E-state index >= 15 is 0 Å². The van der Waals surface area contributed by atoms with E-state index in [0.717, 1.165) is 22.2 Å². The van der Waals surface area contributed by atoms with Gasteiger partial charge in [0, 0.05) is 29.2 Å². The summed E-state index contributed by atoms with van der Waals surface area (Å²) in [5.74, 6) is 2.15. The number of hydrogen-bond acceptors (Lipinski definition) is 4. The molecule has 3 rings (SSSR count). The van der Waals surface area contributed by atoms with Gasteiger partial charge < -0.3 is 15.8 Å². The summed E-state index contributed by atoms with van der Waals surface area (Å²) in [6.07, 6.45) is 1.81. The number of hydrogen-bond donors (Lipinski definition) is 2. The highest BCUT2D eigenvalue weighted by Crippen LogP contribution is 2.23. The van der Waals surface area contributed by atoms with Crippen molar-refractivity contribution in [1.29, 1.82) is 0 Å². The van der Waals surface area contributed by atoms with E-state index in [0.29, 0.717) is 12.5 Å². The molecule has 1 heterocycles. The maximum Gasteiger partial charge on any atom is 0.193 e. The Morgan fingerprint density at radius 3 is 2.76 bits per heavy atom. The van der Waals surface area contributed by atoms with Crippen molar-refractivity contribution in [2.75, 3.05) is 11.9 Å². The van der Waals surface area contributed by atoms with Gasteiger partial charge in [-0.3, -0.25) is 4.99 Å². The summed E-state index contributed by atoms with van der Waals surface area (Å²) in [6, 6.07) is 17.3. The van der Waals surface area contributed by atoms with Crippen molar-refractivity contribution in [1.82, 2.24) is 4.98 Å². The Labute approximate surface area is 151 Å². The lowest BCUT2D eigenvalue weighted by Crippen LogP contribution is -2.23. The maximum atomic E-state index is 5.99. The third-order valence-electron chi connectivity index (χ3n) is 3.49. The molecule has 0 saturated carbocycles. The molecule has 0 fully saturated rings. The van der Waals surface area contributed by atoms with E-state index in [4.69, 9.17) is 10.5 Å². The van der Waals surface area contributed by atoms with Crippen LogP contribution in [0, 0.1) is 0 Å². The number of aromatic nitrogens is 1. The van der Waals surface area contributed by atoms with E-state index in [1.165, 1.54) is 0 Å². The lowest BCUT2D eigenvalue weighted by atomic mass is 10.2. The summed E-state index contributed by atoms with van der Waals surface area (Å²) in [7, 11) is 0. The topological polar surface area (TPSA) is 72.5 Å². The van der Waals surface area contributed by atoms with Gasteiger partial charge in [-0.1, -0.05) is 31.2 Å². The first-order valence-electron chi connectivity index (χ1n) is 8.00. The zero-order chi connectivity index (χ0) is 17.5. The summed E-state index contributed by atoms with van der Waals surface area (Å²) in [4.78, 5) is 8.70. The van der Waals surface area contributed by atoms with Crippen LogP contribution in [0.2, 0.25) is 0 Å². The van der Waals surface area contributed by atoms with E-state index in [1.807, 2.05) is 60.0 Å². The summed E-state index contributed by atoms with van der Waals surface area (Å²) in [6.45, 7) is 2.68. The minimum absolute atomic E-state index is 0.244. The highest BCUT2D eigenvalue weighted by atomic mass is 32.1. The van der Waals surface area contributed by atoms with Crippen LogP contribution in [-0.2, 0) is 0 Å². The molecule has 25 heavy (non-hydrogen) atoms. The number of thiazole rings is 1. The van der Waals surface area contributed by atoms with E-state index in [-0.39, 0.29) is 5.92 Å². The molecule has 0 radical (unpaired) electrons. The second kappa shape index (κ2) is 8.30. The Bertz CT molecular complexity index is 818. The van der Waals surface area contributed by atoms with Gasteiger partial charge in [0.15, 0.2) is 5.96 Å². The molecule has 0 aliphatic heterocycles. The van der Waals surface area contributed by atoms with Gasteiger partial charge >= 0.3 is 0 Å². The second-order valence-electron chi connectivity index (χ2n) is 5.57. The van der Waals surface area contributed by atoms with Gasteiger partial charge in [-0.2, -0.15) is 0 Å². The number of ether oxygens (including phenoxy) is 1. The third-order valence-corrected chi connectivity index (χ3v) is 4.50. The van der Waals surface area contributed by atoms with Gasteiger partial charge in [0.05, 0.1) is 11.6 Å². The maximum absolute atomic E-state index is 5.99. The van der Waals surface area contributed by atoms with Gasteiger partial charge in [-0.25, -0.2) is 4.98 Å². The first-order valence-corrected chi connectivity index (χ1v) is 8.88. The molecule has 6 heteroatoms. The van der Waals surface area contributed by atoms with Crippen molar-refractivity contribution in [2.24, 2.45) is 10.7 Å². The van der Waals surface area contributed by atoms with Crippen LogP contribution in [0.3, 0.4) is 0 Å². The van der Waals surface area contributed by atoms with Crippen LogP contribution in [0.4, 0.5) is 5.69 Å². The lowest BCUT2D eigenvalue weighted by molar-refractivity contribution is 0.483. The molecule has 5 nitrogen and oxygen atoms in total. The first kappa shape index (κ1) is 17.0. The van der Waals surface area contributed by atoms with Crippen LogP contribution >= 0.6 is 11.3 Å². The molecule has 1 atom stereocenters. The largest absolute Gasteiger partial charge is 0.457 e. The van der Waals surface area contributed by atoms with Crippen molar-refractivity contribution >= 4 is 23.0 Å². The fourth-order valence-electron chi connectivity index (χ4n) is 2.24. The minimum Gasteiger partial charge on any atom is -0.457 e. The molecule has 2 aromatic carbocycles. The zero-order valence-corrected chi connectivity index (χ0v) is 14.7. The summed E-state index contributed by atoms with van der Waals surface area (Å²) >= 11 is 1.63. The zero-order valence-electron chi connectivity index (χ0n) is 13.9. The van der Waals surface area contributed by atoms with E-state index in [9.17, 15) is 0 Å². The Morgan fingerprint density at radius 2 is 2.00 bits per heavy atom. The van der Waals surface area contributed by atoms with E-state index in [1.54, 1.807) is 17.5 Å². The van der Waals surface area contributed by atoms with Crippen LogP contribution in [-0.4, -0.2) is 17.5 Å². The quantitative estimate of drug-likeness (QED) is 0.507. The minimum atomic E-state index is 0.244. The predicted octanol–water partition coefficient (Wildman–Crippen LogP) is 4.47. The standard InChI is InChI=1S/C19H20N4OS/c1-14(18-21-10-11-25-18)13-22-19(20)23-15-6-5-9-17(12-15)24-16-7-3-2-4-8-16/h2-12,14H,13H2,1H3,(H3,20,22,23). The number of guanidine groups is 1. The number of rotatable bonds is 6. The number of aliphatic imine (C=N–C) groups is 1. The first-order chi connectivity index (χ1) is 12.2. The number of nitrogens with one attached hydrogen (secondary N) is 1. The molecule has 3 N–H and O–H groups in total. The number of anilines is 1. The van der Waals surface area contributed by atoms with Gasteiger partial charge in [-0.15, -0.1) is 11.3 Å². The summed E-state index contributed by atoms with van der Waals surface area (Å²) in [5.41, 5.74) is 6.82. The van der Waals surface area contributed by atoms with Crippen molar-refractivity contribution in [3.05, 3.63) is 71.2 Å². The van der Waals surface area contributed by atoms with Gasteiger partial charge in [0.1, 0.15) is 11.5 Å². The van der Waals surface area contributed by atoms with Crippen molar-refractivity contribution in [2.45, 2.75) is 12.8 Å². The van der Waals surface area contributed by atoms with Gasteiger partial charge in [0.2, 0.25) is 0 Å². The normalized spacial score (nSPS) is 12.6. The van der Waals surface area contributed by atoms with Crippen LogP contribution in [0.25, 0.3) is 0 Å². The Morgan fingerprint density at radius 1 is 1.20 bits per heavy atom. The smallest absolute Gasteiger partial charge is 0.193 e. The molecule has 128 valence electrons. The van der Waals surface area contributed by atoms with Gasteiger partial charge in [0.25, 0.3) is 0 Å².